The molecule has 1 N–H and O–H groups in total. The lowest BCUT2D eigenvalue weighted by Gasteiger charge is -2.29. The van der Waals surface area contributed by atoms with E-state index in [0.29, 0.717) is 33.0 Å². The minimum absolute atomic E-state index is 0.0391. The maximum Gasteiger partial charge on any atom is 0.405 e. The van der Waals surface area contributed by atoms with E-state index < -0.39 is 7.75 Å². The van der Waals surface area contributed by atoms with E-state index in [-0.39, 0.29) is 10.8 Å². The van der Waals surface area contributed by atoms with Crippen molar-refractivity contribution in [2.45, 2.75) is 125 Å². The van der Waals surface area contributed by atoms with E-state index in [1.54, 1.807) is 7.11 Å². The molecule has 0 aliphatic rings. The van der Waals surface area contributed by atoms with E-state index in [0.717, 1.165) is 12.8 Å². The van der Waals surface area contributed by atoms with Crippen LogP contribution in [0.2, 0.25) is 0 Å². The SMILES string of the molecule is CCCCCCCCCCCCCCCCNP(=O)(OC)OCC(C)(C)COCC(C)(C)COC. The lowest BCUT2D eigenvalue weighted by atomic mass is 9.94. The van der Waals surface area contributed by atoms with Crippen molar-refractivity contribution in [1.82, 2.24) is 5.09 Å². The van der Waals surface area contributed by atoms with Crippen LogP contribution in [0.5, 0.6) is 0 Å². The Bertz CT molecular complexity index is 527. The van der Waals surface area contributed by atoms with Gasteiger partial charge in [0, 0.05) is 31.6 Å². The molecule has 0 aliphatic carbocycles. The van der Waals surface area contributed by atoms with Crippen molar-refractivity contribution >= 4 is 7.75 Å². The topological polar surface area (TPSA) is 66.0 Å². The first kappa shape index (κ1) is 35.0. The van der Waals surface area contributed by atoms with E-state index in [2.05, 4.69) is 25.9 Å². The molecule has 1 unspecified atom stereocenters. The lowest BCUT2D eigenvalue weighted by Crippen LogP contribution is -2.31. The molecule has 0 radical (unpaired) electrons. The van der Waals surface area contributed by atoms with Crippen LogP contribution in [0.3, 0.4) is 0 Å². The molecule has 0 rings (SSSR count). The van der Waals surface area contributed by atoms with Crippen LogP contribution in [0.15, 0.2) is 0 Å². The lowest BCUT2D eigenvalue weighted by molar-refractivity contribution is -0.0261. The highest BCUT2D eigenvalue weighted by Gasteiger charge is 2.29. The van der Waals surface area contributed by atoms with Gasteiger partial charge >= 0.3 is 7.75 Å². The van der Waals surface area contributed by atoms with Gasteiger partial charge in [-0.1, -0.05) is 118 Å². The van der Waals surface area contributed by atoms with E-state index >= 15 is 0 Å². The Kier molecular flexibility index (Phi) is 21.0. The van der Waals surface area contributed by atoms with Crippen molar-refractivity contribution in [2.75, 3.05) is 47.2 Å². The Morgan fingerprint density at radius 3 is 1.49 bits per heavy atom. The molecule has 0 saturated heterocycles. The Hall–Kier alpha value is 0.0300. The van der Waals surface area contributed by atoms with Crippen LogP contribution < -0.4 is 5.09 Å². The van der Waals surface area contributed by atoms with Gasteiger partial charge in [0.2, 0.25) is 0 Å². The summed E-state index contributed by atoms with van der Waals surface area (Å²) < 4.78 is 34.9. The van der Waals surface area contributed by atoms with Gasteiger partial charge in [-0.05, 0) is 6.42 Å². The zero-order chi connectivity index (χ0) is 26.5. The molecule has 1 atom stereocenters. The summed E-state index contributed by atoms with van der Waals surface area (Å²) in [6.07, 6.45) is 18.5. The number of rotatable bonds is 26. The van der Waals surface area contributed by atoms with Gasteiger partial charge in [0.15, 0.2) is 0 Å². The third kappa shape index (κ3) is 21.8. The fourth-order valence-corrected chi connectivity index (χ4v) is 5.31. The quantitative estimate of drug-likeness (QED) is 0.0908. The second-order valence-electron chi connectivity index (χ2n) is 11.7. The fourth-order valence-electron chi connectivity index (χ4n) is 4.04. The summed E-state index contributed by atoms with van der Waals surface area (Å²) in [7, 11) is -0.142. The van der Waals surface area contributed by atoms with Gasteiger partial charge in [0.25, 0.3) is 0 Å². The van der Waals surface area contributed by atoms with Gasteiger partial charge in [-0.2, -0.15) is 0 Å². The first-order chi connectivity index (χ1) is 16.6. The number of ether oxygens (including phenoxy) is 2. The Balaban J connectivity index is 3.81. The Morgan fingerprint density at radius 1 is 0.629 bits per heavy atom. The maximum absolute atomic E-state index is 12.9. The average Bonchev–Trinajstić information content (AvgIpc) is 2.80. The van der Waals surface area contributed by atoms with Crippen molar-refractivity contribution in [2.24, 2.45) is 10.8 Å². The highest BCUT2D eigenvalue weighted by atomic mass is 31.2. The highest BCUT2D eigenvalue weighted by Crippen LogP contribution is 2.44. The molecule has 6 nitrogen and oxygen atoms in total. The number of hydrogen-bond donors (Lipinski definition) is 1. The number of nitrogens with one attached hydrogen (secondary N) is 1. The second-order valence-corrected chi connectivity index (χ2v) is 13.6. The van der Waals surface area contributed by atoms with Crippen LogP contribution in [-0.2, 0) is 23.1 Å². The van der Waals surface area contributed by atoms with Gasteiger partial charge in [-0.25, -0.2) is 9.65 Å². The summed E-state index contributed by atoms with van der Waals surface area (Å²) in [5, 5.41) is 3.01. The Morgan fingerprint density at radius 2 is 1.06 bits per heavy atom. The van der Waals surface area contributed by atoms with Gasteiger partial charge in [-0.3, -0.25) is 4.52 Å². The van der Waals surface area contributed by atoms with E-state index in [1.165, 1.54) is 84.2 Å². The molecule has 35 heavy (non-hydrogen) atoms. The van der Waals surface area contributed by atoms with Gasteiger partial charge < -0.3 is 14.0 Å². The van der Waals surface area contributed by atoms with Crippen LogP contribution in [0.1, 0.15) is 125 Å². The summed E-state index contributed by atoms with van der Waals surface area (Å²) in [5.74, 6) is 0. The smallest absolute Gasteiger partial charge is 0.384 e. The molecule has 0 aromatic heterocycles. The summed E-state index contributed by atoms with van der Waals surface area (Å²) in [4.78, 5) is 0. The minimum atomic E-state index is -3.28. The van der Waals surface area contributed by atoms with E-state index in [4.69, 9.17) is 18.5 Å². The summed E-state index contributed by atoms with van der Waals surface area (Å²) in [6, 6.07) is 0. The van der Waals surface area contributed by atoms with E-state index in [1.807, 2.05) is 13.8 Å². The van der Waals surface area contributed by atoms with Gasteiger partial charge in [-0.15, -0.1) is 0 Å². The molecule has 0 bridgehead atoms. The molecule has 212 valence electrons. The molecular formula is C28H60NO5P. The van der Waals surface area contributed by atoms with Crippen LogP contribution in [0, 0.1) is 10.8 Å². The maximum atomic E-state index is 12.9. The normalized spacial score (nSPS) is 14.4. The number of hydrogen-bond acceptors (Lipinski definition) is 5. The summed E-state index contributed by atoms with van der Waals surface area (Å²) >= 11 is 0. The molecule has 0 amide bonds. The predicted octanol–water partition coefficient (Wildman–Crippen LogP) is 8.54. The van der Waals surface area contributed by atoms with Crippen molar-refractivity contribution in [3.8, 4) is 0 Å². The first-order valence-electron chi connectivity index (χ1n) is 14.2. The summed E-state index contributed by atoms with van der Waals surface area (Å²) in [6.45, 7) is 13.3. The molecular weight excluding hydrogens is 461 g/mol. The van der Waals surface area contributed by atoms with Crippen molar-refractivity contribution in [3.05, 3.63) is 0 Å². The van der Waals surface area contributed by atoms with E-state index in [9.17, 15) is 4.57 Å². The number of unbranched alkanes of at least 4 members (excludes halogenated alkanes) is 13. The Labute approximate surface area is 218 Å². The highest BCUT2D eigenvalue weighted by molar-refractivity contribution is 7.51. The largest absolute Gasteiger partial charge is 0.405 e. The number of methoxy groups -OCH3 is 1. The zero-order valence-corrected chi connectivity index (χ0v) is 25.3. The second kappa shape index (κ2) is 21.0. The molecule has 0 aromatic rings. The van der Waals surface area contributed by atoms with Gasteiger partial charge in [0.1, 0.15) is 0 Å². The summed E-state index contributed by atoms with van der Waals surface area (Å²) in [5.41, 5.74) is -0.309. The molecule has 0 spiro atoms. The zero-order valence-electron chi connectivity index (χ0n) is 24.4. The molecule has 0 aromatic carbocycles. The third-order valence-corrected chi connectivity index (χ3v) is 7.78. The molecule has 0 heterocycles. The van der Waals surface area contributed by atoms with Crippen LogP contribution in [-0.4, -0.2) is 47.2 Å². The monoisotopic (exact) mass is 521 g/mol. The van der Waals surface area contributed by atoms with Crippen molar-refractivity contribution < 1.29 is 23.1 Å². The fraction of sp³-hybridized carbons (Fsp3) is 1.00. The molecule has 0 saturated carbocycles. The molecule has 7 heteroatoms. The standard InChI is InChI=1S/C28H60NO5P/c1-8-9-10-11-12-13-14-15-16-17-18-19-20-21-22-29-35(30,32-7)34-26-28(4,5)25-33-24-27(2,3)23-31-6/h8-26H2,1-7H3,(H,29,30). The van der Waals surface area contributed by atoms with Gasteiger partial charge in [0.05, 0.1) is 26.4 Å². The predicted molar refractivity (Wildman–Crippen MR) is 149 cm³/mol. The molecule has 0 aliphatic heterocycles. The minimum Gasteiger partial charge on any atom is -0.384 e. The third-order valence-electron chi connectivity index (χ3n) is 6.22. The molecule has 0 fully saturated rings. The van der Waals surface area contributed by atoms with Crippen molar-refractivity contribution in [3.63, 3.8) is 0 Å². The van der Waals surface area contributed by atoms with Crippen molar-refractivity contribution in [1.29, 1.82) is 0 Å². The van der Waals surface area contributed by atoms with Crippen LogP contribution in [0.25, 0.3) is 0 Å². The van der Waals surface area contributed by atoms with Crippen LogP contribution in [0.4, 0.5) is 0 Å². The van der Waals surface area contributed by atoms with Crippen LogP contribution >= 0.6 is 7.75 Å². The average molecular weight is 522 g/mol. The first-order valence-corrected chi connectivity index (χ1v) is 15.8.